The quantitative estimate of drug-likeness (QED) is 0.734. The molecule has 0 N–H and O–H groups in total. The van der Waals surface area contributed by atoms with Crippen LogP contribution in [0.15, 0.2) is 29.2 Å². The predicted octanol–water partition coefficient (Wildman–Crippen LogP) is -0.185. The third-order valence-electron chi connectivity index (χ3n) is 3.01. The topological polar surface area (TPSA) is 90.1 Å². The Bertz CT molecular complexity index is 734. The lowest BCUT2D eigenvalue weighted by molar-refractivity contribution is -0.308. The van der Waals surface area contributed by atoms with Gasteiger partial charge in [0.2, 0.25) is 0 Å². The highest BCUT2D eigenvalue weighted by Crippen LogP contribution is 2.21. The van der Waals surface area contributed by atoms with Crippen LogP contribution in [-0.2, 0) is 11.1 Å². The summed E-state index contributed by atoms with van der Waals surface area (Å²) in [4.78, 5) is 34.5. The molecular weight excluding hydrogens is 279 g/mol. The fourth-order valence-corrected chi connectivity index (χ4v) is 2.84. The van der Waals surface area contributed by atoms with Gasteiger partial charge in [0.05, 0.1) is 11.0 Å². The second-order valence-electron chi connectivity index (χ2n) is 4.73. The van der Waals surface area contributed by atoms with Crippen molar-refractivity contribution in [3.63, 3.8) is 0 Å². The van der Waals surface area contributed by atoms with E-state index >= 15 is 0 Å². The first-order valence-corrected chi connectivity index (χ1v) is 7.72. The van der Waals surface area contributed by atoms with Crippen LogP contribution in [0.25, 0.3) is 5.69 Å². The minimum Gasteiger partial charge on any atom is -0.807 e. The average Bonchev–Trinajstić information content (AvgIpc) is 2.64. The highest BCUT2D eigenvalue weighted by Gasteiger charge is 2.15. The van der Waals surface area contributed by atoms with Crippen molar-refractivity contribution in [1.29, 1.82) is 0 Å². The third kappa shape index (κ3) is 2.63. The van der Waals surface area contributed by atoms with E-state index in [0.29, 0.717) is 12.2 Å². The lowest BCUT2D eigenvalue weighted by atomic mass is 10.1. The maximum atomic E-state index is 12.2. The standard InChI is InChI=1S/C13H17N2O4P/c1-4-14-8-12(20(17,18)19)13(16)15(14)11-6-9(2)5-10(3)7-11/h5-8H,4H2,1-3H3,(H2,17,18,19)/p-2. The molecule has 2 aromatic rings. The van der Waals surface area contributed by atoms with Crippen molar-refractivity contribution in [3.05, 3.63) is 45.9 Å². The number of aromatic nitrogens is 2. The van der Waals surface area contributed by atoms with Gasteiger partial charge in [0.1, 0.15) is 0 Å². The van der Waals surface area contributed by atoms with Gasteiger partial charge in [-0.25, -0.2) is 4.68 Å². The minimum atomic E-state index is -5.07. The molecule has 0 fully saturated rings. The summed E-state index contributed by atoms with van der Waals surface area (Å²) in [5.41, 5.74) is 1.65. The normalized spacial score (nSPS) is 11.8. The zero-order valence-corrected chi connectivity index (χ0v) is 12.4. The van der Waals surface area contributed by atoms with Gasteiger partial charge >= 0.3 is 0 Å². The van der Waals surface area contributed by atoms with Crippen molar-refractivity contribution < 1.29 is 14.4 Å². The van der Waals surface area contributed by atoms with Crippen molar-refractivity contribution in [3.8, 4) is 5.69 Å². The molecule has 20 heavy (non-hydrogen) atoms. The van der Waals surface area contributed by atoms with Gasteiger partial charge < -0.3 is 14.4 Å². The third-order valence-corrected chi connectivity index (χ3v) is 3.91. The second-order valence-corrected chi connectivity index (χ2v) is 6.21. The van der Waals surface area contributed by atoms with Crippen LogP contribution < -0.4 is 20.7 Å². The molecule has 0 bridgehead atoms. The molecule has 0 atom stereocenters. The van der Waals surface area contributed by atoms with E-state index in [0.717, 1.165) is 17.3 Å². The summed E-state index contributed by atoms with van der Waals surface area (Å²) in [7, 11) is -5.07. The molecule has 1 aromatic carbocycles. The fraction of sp³-hybridized carbons (Fsp3) is 0.308. The van der Waals surface area contributed by atoms with E-state index < -0.39 is 18.5 Å². The predicted molar refractivity (Wildman–Crippen MR) is 72.4 cm³/mol. The summed E-state index contributed by atoms with van der Waals surface area (Å²) in [6.45, 7) is 5.91. The highest BCUT2D eigenvalue weighted by atomic mass is 31.2. The van der Waals surface area contributed by atoms with Gasteiger partial charge in [-0.1, -0.05) is 6.07 Å². The first kappa shape index (κ1) is 14.8. The molecule has 2 rings (SSSR count). The van der Waals surface area contributed by atoms with Crippen LogP contribution in [0.3, 0.4) is 0 Å². The van der Waals surface area contributed by atoms with Crippen LogP contribution in [0, 0.1) is 13.8 Å². The van der Waals surface area contributed by atoms with Crippen LogP contribution >= 0.6 is 7.60 Å². The molecule has 0 unspecified atom stereocenters. The molecule has 0 amide bonds. The lowest BCUT2D eigenvalue weighted by Crippen LogP contribution is -2.35. The Morgan fingerprint density at radius 2 is 1.70 bits per heavy atom. The van der Waals surface area contributed by atoms with Gasteiger partial charge in [-0.15, -0.1) is 0 Å². The van der Waals surface area contributed by atoms with E-state index in [1.165, 1.54) is 9.36 Å². The van der Waals surface area contributed by atoms with Gasteiger partial charge in [0.25, 0.3) is 5.56 Å². The smallest absolute Gasteiger partial charge is 0.279 e. The Morgan fingerprint density at radius 1 is 1.15 bits per heavy atom. The summed E-state index contributed by atoms with van der Waals surface area (Å²) < 4.78 is 13.8. The van der Waals surface area contributed by atoms with Crippen LogP contribution in [0.4, 0.5) is 0 Å². The molecule has 0 aliphatic rings. The number of nitrogens with zero attached hydrogens (tertiary/aromatic N) is 2. The maximum absolute atomic E-state index is 12.2. The maximum Gasteiger partial charge on any atom is 0.279 e. The first-order valence-electron chi connectivity index (χ1n) is 6.17. The fourth-order valence-electron chi connectivity index (χ4n) is 2.24. The molecule has 1 heterocycles. The van der Waals surface area contributed by atoms with Crippen LogP contribution in [-0.4, -0.2) is 9.36 Å². The Balaban J connectivity index is 2.77. The summed E-state index contributed by atoms with van der Waals surface area (Å²) in [5, 5.41) is -0.696. The molecule has 7 heteroatoms. The zero-order valence-electron chi connectivity index (χ0n) is 11.5. The summed E-state index contributed by atoms with van der Waals surface area (Å²) in [6.07, 6.45) is 1.10. The largest absolute Gasteiger partial charge is 0.807 e. The summed E-state index contributed by atoms with van der Waals surface area (Å²) >= 11 is 0. The molecule has 0 aliphatic heterocycles. The Morgan fingerprint density at radius 3 is 2.15 bits per heavy atom. The molecule has 6 nitrogen and oxygen atoms in total. The first-order chi connectivity index (χ1) is 9.24. The minimum absolute atomic E-state index is 0.377. The van der Waals surface area contributed by atoms with Crippen molar-refractivity contribution in [2.75, 3.05) is 0 Å². The Hall–Kier alpha value is -1.62. The van der Waals surface area contributed by atoms with E-state index in [4.69, 9.17) is 0 Å². The number of benzene rings is 1. The lowest BCUT2D eigenvalue weighted by Gasteiger charge is -2.26. The van der Waals surface area contributed by atoms with E-state index in [1.807, 2.05) is 19.9 Å². The summed E-state index contributed by atoms with van der Waals surface area (Å²) in [5.74, 6) is 0. The van der Waals surface area contributed by atoms with Gasteiger partial charge in [-0.2, -0.15) is 0 Å². The monoisotopic (exact) mass is 294 g/mol. The molecule has 1 aromatic heterocycles. The van der Waals surface area contributed by atoms with Gasteiger partial charge in [0, 0.05) is 12.7 Å². The van der Waals surface area contributed by atoms with Gasteiger partial charge in [-0.05, 0) is 51.6 Å². The van der Waals surface area contributed by atoms with Crippen LogP contribution in [0.2, 0.25) is 0 Å². The van der Waals surface area contributed by atoms with Crippen molar-refractivity contribution >= 4 is 12.9 Å². The van der Waals surface area contributed by atoms with E-state index in [-0.39, 0.29) is 0 Å². The van der Waals surface area contributed by atoms with Crippen LogP contribution in [0.1, 0.15) is 18.1 Å². The summed E-state index contributed by atoms with van der Waals surface area (Å²) in [6, 6.07) is 5.48. The number of aryl methyl sites for hydroxylation is 3. The molecule has 0 saturated heterocycles. The molecule has 0 saturated carbocycles. The van der Waals surface area contributed by atoms with E-state index in [2.05, 4.69) is 0 Å². The van der Waals surface area contributed by atoms with Crippen molar-refractivity contribution in [2.24, 2.45) is 0 Å². The molecule has 0 aliphatic carbocycles. The van der Waals surface area contributed by atoms with Gasteiger partial charge in [-0.3, -0.25) is 9.48 Å². The van der Waals surface area contributed by atoms with Crippen molar-refractivity contribution in [1.82, 2.24) is 9.36 Å². The molecular formula is C13H15N2O4P-2. The molecule has 108 valence electrons. The number of hydrogen-bond donors (Lipinski definition) is 0. The van der Waals surface area contributed by atoms with Gasteiger partial charge in [0.15, 0.2) is 0 Å². The number of rotatable bonds is 3. The van der Waals surface area contributed by atoms with Crippen LogP contribution in [0.5, 0.6) is 0 Å². The SMILES string of the molecule is CCn1cc(P(=O)([O-])[O-])c(=O)n1-c1cc(C)cc(C)c1. The van der Waals surface area contributed by atoms with Crippen molar-refractivity contribution in [2.45, 2.75) is 27.3 Å². The Labute approximate surface area is 116 Å². The highest BCUT2D eigenvalue weighted by molar-refractivity contribution is 7.57. The second kappa shape index (κ2) is 5.05. The average molecular weight is 294 g/mol. The number of hydrogen-bond acceptors (Lipinski definition) is 4. The van der Waals surface area contributed by atoms with E-state index in [1.54, 1.807) is 19.1 Å². The zero-order chi connectivity index (χ0) is 15.1. The Kier molecular flexibility index (Phi) is 3.73. The molecule has 0 radical (unpaired) electrons. The van der Waals surface area contributed by atoms with E-state index in [9.17, 15) is 19.1 Å². The molecule has 0 spiro atoms.